The Hall–Kier alpha value is -0.150. The van der Waals surface area contributed by atoms with Crippen molar-refractivity contribution < 1.29 is 9.53 Å². The van der Waals surface area contributed by atoms with Crippen LogP contribution >= 0.6 is 48.6 Å². The first-order valence-corrected chi connectivity index (χ1v) is 9.21. The van der Waals surface area contributed by atoms with Crippen molar-refractivity contribution in [1.82, 2.24) is 14.8 Å². The highest BCUT2D eigenvalue weighted by atomic mass is 35.5. The summed E-state index contributed by atoms with van der Waals surface area (Å²) in [4.78, 5) is 22.5. The largest absolute Gasteiger partial charge is 0.381 e. The lowest BCUT2D eigenvalue weighted by Gasteiger charge is -2.37. The predicted molar refractivity (Wildman–Crippen MR) is 112 cm³/mol. The molecular weight excluding hydrogens is 419 g/mol. The molecule has 0 aromatic carbocycles. The number of aryl methyl sites for hydroxylation is 1. The highest BCUT2D eigenvalue weighted by Crippen LogP contribution is 2.20. The summed E-state index contributed by atoms with van der Waals surface area (Å²) in [6.07, 6.45) is 3.76. The minimum atomic E-state index is -0.366. The minimum Gasteiger partial charge on any atom is -0.381 e. The van der Waals surface area contributed by atoms with Crippen LogP contribution in [-0.4, -0.2) is 66.1 Å². The molecule has 6 nitrogen and oxygen atoms in total. The lowest BCUT2D eigenvalue weighted by atomic mass is 9.91. The summed E-state index contributed by atoms with van der Waals surface area (Å²) in [6.45, 7) is 7.77. The van der Waals surface area contributed by atoms with E-state index in [1.807, 2.05) is 18.0 Å². The van der Waals surface area contributed by atoms with E-state index in [2.05, 4.69) is 9.88 Å². The fourth-order valence-corrected chi connectivity index (χ4v) is 4.15. The van der Waals surface area contributed by atoms with E-state index in [4.69, 9.17) is 10.5 Å². The molecule has 1 atom stereocenters. The van der Waals surface area contributed by atoms with Crippen molar-refractivity contribution in [3.05, 3.63) is 16.1 Å². The Kier molecular flexibility index (Phi) is 12.3. The number of amides is 1. The van der Waals surface area contributed by atoms with Crippen LogP contribution in [0.4, 0.5) is 0 Å². The first-order chi connectivity index (χ1) is 11.1. The molecule has 3 rings (SSSR count). The normalized spacial score (nSPS) is 19.7. The van der Waals surface area contributed by atoms with Crippen molar-refractivity contribution in [2.45, 2.75) is 32.4 Å². The van der Waals surface area contributed by atoms with E-state index in [0.717, 1.165) is 63.8 Å². The number of hydrogen-bond acceptors (Lipinski definition) is 6. The van der Waals surface area contributed by atoms with Gasteiger partial charge in [0, 0.05) is 57.0 Å². The summed E-state index contributed by atoms with van der Waals surface area (Å²) < 4.78 is 5.36. The van der Waals surface area contributed by atoms with Gasteiger partial charge in [0.25, 0.3) is 0 Å². The second-order valence-electron chi connectivity index (χ2n) is 6.42. The monoisotopic (exact) mass is 446 g/mol. The number of halogens is 3. The fourth-order valence-electron chi connectivity index (χ4n) is 3.31. The zero-order chi connectivity index (χ0) is 16.2. The maximum absolute atomic E-state index is 12.6. The number of carbonyl (C=O) groups excluding carboxylic acids is 1. The van der Waals surface area contributed by atoms with Gasteiger partial charge in [-0.05, 0) is 25.7 Å². The van der Waals surface area contributed by atoms with Crippen LogP contribution < -0.4 is 5.73 Å². The van der Waals surface area contributed by atoms with Crippen LogP contribution in [0, 0.1) is 12.8 Å². The quantitative estimate of drug-likeness (QED) is 0.765. The number of aromatic nitrogens is 1. The van der Waals surface area contributed by atoms with Crippen LogP contribution in [0.1, 0.15) is 22.7 Å². The van der Waals surface area contributed by atoms with Gasteiger partial charge in [-0.1, -0.05) is 0 Å². The number of rotatable bonds is 4. The van der Waals surface area contributed by atoms with Gasteiger partial charge in [-0.2, -0.15) is 0 Å². The number of thiazole rings is 1. The molecule has 0 spiro atoms. The molecule has 2 aliphatic rings. The van der Waals surface area contributed by atoms with Gasteiger partial charge in [-0.3, -0.25) is 9.69 Å². The summed E-state index contributed by atoms with van der Waals surface area (Å²) in [5.41, 5.74) is 6.22. The smallest absolute Gasteiger partial charge is 0.239 e. The average Bonchev–Trinajstić information content (AvgIpc) is 3.00. The van der Waals surface area contributed by atoms with E-state index >= 15 is 0 Å². The number of nitrogens with zero attached hydrogens (tertiary/aromatic N) is 3. The van der Waals surface area contributed by atoms with Gasteiger partial charge in [0.15, 0.2) is 0 Å². The van der Waals surface area contributed by atoms with Crippen molar-refractivity contribution in [3.63, 3.8) is 0 Å². The van der Waals surface area contributed by atoms with Gasteiger partial charge in [0.1, 0.15) is 0 Å². The molecule has 2 aliphatic heterocycles. The summed E-state index contributed by atoms with van der Waals surface area (Å²) >= 11 is 1.75. The number of carbonyl (C=O) groups is 1. The molecule has 3 heterocycles. The predicted octanol–water partition coefficient (Wildman–Crippen LogP) is 2.12. The second kappa shape index (κ2) is 12.3. The number of hydrogen-bond donors (Lipinski definition) is 1. The summed E-state index contributed by atoms with van der Waals surface area (Å²) in [6, 6.07) is -0.366. The van der Waals surface area contributed by atoms with E-state index in [0.29, 0.717) is 0 Å². The first kappa shape index (κ1) is 25.9. The third-order valence-electron chi connectivity index (χ3n) is 4.79. The molecule has 152 valence electrons. The summed E-state index contributed by atoms with van der Waals surface area (Å²) in [5.74, 6) is 0.389. The molecule has 0 bridgehead atoms. The molecule has 1 amide bonds. The molecule has 1 unspecified atom stereocenters. The van der Waals surface area contributed by atoms with Crippen molar-refractivity contribution in [1.29, 1.82) is 0 Å². The number of nitrogens with two attached hydrogens (primary N) is 1. The van der Waals surface area contributed by atoms with E-state index in [1.165, 1.54) is 4.88 Å². The van der Waals surface area contributed by atoms with Crippen molar-refractivity contribution in [2.75, 3.05) is 39.4 Å². The molecule has 0 aliphatic carbocycles. The van der Waals surface area contributed by atoms with Gasteiger partial charge >= 0.3 is 0 Å². The van der Waals surface area contributed by atoms with Crippen molar-refractivity contribution in [2.24, 2.45) is 11.7 Å². The first-order valence-electron chi connectivity index (χ1n) is 8.39. The van der Waals surface area contributed by atoms with Crippen molar-refractivity contribution >= 4 is 54.5 Å². The third kappa shape index (κ3) is 6.78. The Morgan fingerprint density at radius 2 is 1.88 bits per heavy atom. The van der Waals surface area contributed by atoms with E-state index < -0.39 is 0 Å². The zero-order valence-corrected chi connectivity index (χ0v) is 18.2. The second-order valence-corrected chi connectivity index (χ2v) is 7.74. The number of piperazine rings is 1. The molecular formula is C16H29Cl3N4O2S. The molecule has 2 saturated heterocycles. The third-order valence-corrected chi connectivity index (χ3v) is 5.69. The van der Waals surface area contributed by atoms with Gasteiger partial charge in [0.05, 0.1) is 11.0 Å². The summed E-state index contributed by atoms with van der Waals surface area (Å²) in [5, 5.41) is 1.11. The van der Waals surface area contributed by atoms with Crippen molar-refractivity contribution in [3.8, 4) is 0 Å². The van der Waals surface area contributed by atoms with E-state index in [9.17, 15) is 4.79 Å². The molecule has 2 N–H and O–H groups in total. The van der Waals surface area contributed by atoms with Gasteiger partial charge in [-0.25, -0.2) is 4.98 Å². The zero-order valence-electron chi connectivity index (χ0n) is 15.0. The van der Waals surface area contributed by atoms with Gasteiger partial charge in [0.2, 0.25) is 5.91 Å². The van der Waals surface area contributed by atoms with Gasteiger partial charge < -0.3 is 15.4 Å². The molecule has 1 aromatic rings. The standard InChI is InChI=1S/C16H26N4O2S.3ClH/c1-12-18-10-14(23-12)11-19-4-6-20(7-5-19)16(21)15(17)13-2-8-22-9-3-13;;;/h10,13,15H,2-9,11,17H2,1H3;3*1H. The van der Waals surface area contributed by atoms with Crippen LogP contribution in [0.15, 0.2) is 6.20 Å². The molecule has 1 aromatic heterocycles. The average molecular weight is 448 g/mol. The Bertz CT molecular complexity index is 535. The highest BCUT2D eigenvalue weighted by molar-refractivity contribution is 7.11. The topological polar surface area (TPSA) is 71.7 Å². The van der Waals surface area contributed by atoms with Gasteiger partial charge in [-0.15, -0.1) is 48.6 Å². The van der Waals surface area contributed by atoms with Crippen LogP contribution in [-0.2, 0) is 16.1 Å². The lowest BCUT2D eigenvalue weighted by Crippen LogP contribution is -2.55. The van der Waals surface area contributed by atoms with Crippen LogP contribution in [0.3, 0.4) is 0 Å². The fraction of sp³-hybridized carbons (Fsp3) is 0.750. The van der Waals surface area contributed by atoms with Crippen LogP contribution in [0.25, 0.3) is 0 Å². The Labute approximate surface area is 178 Å². The number of ether oxygens (including phenoxy) is 1. The molecule has 2 fully saturated rings. The molecule has 26 heavy (non-hydrogen) atoms. The Balaban J connectivity index is 0.00000208. The highest BCUT2D eigenvalue weighted by Gasteiger charge is 2.31. The van der Waals surface area contributed by atoms with E-state index in [1.54, 1.807) is 11.3 Å². The molecule has 0 saturated carbocycles. The van der Waals surface area contributed by atoms with Crippen LogP contribution in [0.2, 0.25) is 0 Å². The molecule has 0 radical (unpaired) electrons. The summed E-state index contributed by atoms with van der Waals surface area (Å²) in [7, 11) is 0. The lowest BCUT2D eigenvalue weighted by molar-refractivity contribution is -0.136. The molecule has 10 heteroatoms. The SMILES string of the molecule is Cc1ncc(CN2CCN(C(=O)C(N)C3CCOCC3)CC2)s1.Cl.Cl.Cl. The Morgan fingerprint density at radius 3 is 2.42 bits per heavy atom. The Morgan fingerprint density at radius 1 is 1.27 bits per heavy atom. The van der Waals surface area contributed by atoms with Crippen LogP contribution in [0.5, 0.6) is 0 Å². The minimum absolute atomic E-state index is 0. The maximum Gasteiger partial charge on any atom is 0.239 e. The van der Waals surface area contributed by atoms with E-state index in [-0.39, 0.29) is 55.1 Å². The maximum atomic E-state index is 12.6.